The summed E-state index contributed by atoms with van der Waals surface area (Å²) in [5, 5.41) is 8.21. The van der Waals surface area contributed by atoms with Crippen molar-refractivity contribution in [1.82, 2.24) is 19.7 Å². The standard InChI is InChI=1S/C30H41F3N8O.C2H6/c1-7-23(9-8-21(4)18-41(35)19-28(34)27-17-36-38(6)22(27)5)29(42)37-25-14-24(30(31,32)33)15-26(16-25)40-12-10-39(11-13-40)20(2)3;1-2/h7-9,14-17,19-20H,1,10-13,18,34-35H2,2-6H3,(H,37,42);1-2H3/b21-8-,23-9+,28-19-;. The van der Waals surface area contributed by atoms with Crippen LogP contribution in [0.3, 0.4) is 0 Å². The van der Waals surface area contributed by atoms with Crippen LogP contribution in [0.1, 0.15) is 51.4 Å². The van der Waals surface area contributed by atoms with Crippen molar-refractivity contribution in [3.8, 4) is 0 Å². The number of aryl methyl sites for hydroxylation is 1. The van der Waals surface area contributed by atoms with Crippen LogP contribution in [0.2, 0.25) is 0 Å². The first kappa shape index (κ1) is 36.2. The fourth-order valence-corrected chi connectivity index (χ4v) is 4.61. The minimum Gasteiger partial charge on any atom is -0.397 e. The van der Waals surface area contributed by atoms with Crippen molar-refractivity contribution in [2.45, 2.75) is 53.8 Å². The number of benzene rings is 1. The molecule has 2 heterocycles. The Bertz CT molecular complexity index is 1370. The van der Waals surface area contributed by atoms with Gasteiger partial charge in [-0.3, -0.25) is 14.4 Å². The Hall–Kier alpha value is -4.03. The summed E-state index contributed by atoms with van der Waals surface area (Å²) in [5.41, 5.74) is 8.94. The van der Waals surface area contributed by atoms with Crippen molar-refractivity contribution in [2.24, 2.45) is 18.6 Å². The molecule has 1 aliphatic heterocycles. The number of rotatable bonds is 10. The maximum absolute atomic E-state index is 13.8. The highest BCUT2D eigenvalue weighted by atomic mass is 19.4. The topological polar surface area (TPSA) is 109 Å². The number of carbonyl (C=O) groups is 1. The molecule has 0 radical (unpaired) electrons. The summed E-state index contributed by atoms with van der Waals surface area (Å²) in [4.78, 5) is 17.2. The SMILES string of the molecule is C=C/C(=C\C=C(\C)CN(N)/C=C(\N)c1cnn(C)c1C)C(=O)Nc1cc(N2CCN(C(C)C)CC2)cc(C(F)(F)F)c1.CC. The fourth-order valence-electron chi connectivity index (χ4n) is 4.61. The zero-order chi connectivity index (χ0) is 33.2. The zero-order valence-electron chi connectivity index (χ0n) is 26.9. The highest BCUT2D eigenvalue weighted by Gasteiger charge is 2.32. The summed E-state index contributed by atoms with van der Waals surface area (Å²) in [6, 6.07) is 4.02. The molecule has 2 aromatic rings. The number of amides is 1. The number of nitrogens with one attached hydrogen (secondary N) is 1. The maximum Gasteiger partial charge on any atom is 0.416 e. The number of alkyl halides is 3. The Morgan fingerprint density at radius 2 is 1.80 bits per heavy atom. The monoisotopic (exact) mass is 616 g/mol. The third kappa shape index (κ3) is 10.0. The average molecular weight is 617 g/mol. The van der Waals surface area contributed by atoms with E-state index in [1.807, 2.05) is 39.6 Å². The highest BCUT2D eigenvalue weighted by Crippen LogP contribution is 2.35. The van der Waals surface area contributed by atoms with Crippen LogP contribution in [0.15, 0.2) is 66.5 Å². The van der Waals surface area contributed by atoms with Crippen molar-refractivity contribution in [2.75, 3.05) is 42.9 Å². The fraction of sp³-hybridized carbons (Fsp3) is 0.438. The summed E-state index contributed by atoms with van der Waals surface area (Å²) >= 11 is 0. The lowest BCUT2D eigenvalue weighted by Crippen LogP contribution is -2.49. The molecule has 0 spiro atoms. The van der Waals surface area contributed by atoms with Crippen molar-refractivity contribution >= 4 is 23.0 Å². The lowest BCUT2D eigenvalue weighted by atomic mass is 10.1. The third-order valence-corrected chi connectivity index (χ3v) is 7.23. The first-order valence-electron chi connectivity index (χ1n) is 14.7. The molecule has 0 unspecified atom stereocenters. The summed E-state index contributed by atoms with van der Waals surface area (Å²) < 4.78 is 43.0. The zero-order valence-corrected chi connectivity index (χ0v) is 26.9. The molecular formula is C32H47F3N8O. The summed E-state index contributed by atoms with van der Waals surface area (Å²) in [6.45, 7) is 18.6. The second-order valence-corrected chi connectivity index (χ2v) is 10.7. The predicted molar refractivity (Wildman–Crippen MR) is 173 cm³/mol. The Morgan fingerprint density at radius 1 is 1.16 bits per heavy atom. The molecule has 1 aliphatic rings. The summed E-state index contributed by atoms with van der Waals surface area (Å²) in [5.74, 6) is 5.53. The molecule has 1 amide bonds. The van der Waals surface area contributed by atoms with E-state index in [9.17, 15) is 18.0 Å². The quantitative estimate of drug-likeness (QED) is 0.141. The van der Waals surface area contributed by atoms with Gasteiger partial charge in [-0.15, -0.1) is 0 Å². The molecule has 9 nitrogen and oxygen atoms in total. The number of halogens is 3. The number of aromatic nitrogens is 2. The van der Waals surface area contributed by atoms with Gasteiger partial charge in [0, 0.05) is 73.7 Å². The van der Waals surface area contributed by atoms with Crippen LogP contribution in [0.4, 0.5) is 24.5 Å². The van der Waals surface area contributed by atoms with Crippen LogP contribution in [0, 0.1) is 6.92 Å². The molecule has 0 saturated carbocycles. The summed E-state index contributed by atoms with van der Waals surface area (Å²) in [6.07, 6.45) is 3.29. The largest absolute Gasteiger partial charge is 0.416 e. The van der Waals surface area contributed by atoms with Gasteiger partial charge in [0.25, 0.3) is 5.91 Å². The molecule has 5 N–H and O–H groups in total. The average Bonchev–Trinajstić information content (AvgIpc) is 3.31. The van der Waals surface area contributed by atoms with Gasteiger partial charge < -0.3 is 21.0 Å². The van der Waals surface area contributed by atoms with Crippen molar-refractivity contribution in [1.29, 1.82) is 0 Å². The number of hydrogen-bond donors (Lipinski definition) is 3. The molecule has 0 atom stereocenters. The first-order valence-corrected chi connectivity index (χ1v) is 14.7. The number of hydrazine groups is 1. The normalized spacial score (nSPS) is 15.2. The van der Waals surface area contributed by atoms with Crippen LogP contribution in [-0.2, 0) is 18.0 Å². The van der Waals surface area contributed by atoms with Gasteiger partial charge in [-0.1, -0.05) is 38.2 Å². The van der Waals surface area contributed by atoms with Gasteiger partial charge in [0.05, 0.1) is 24.0 Å². The van der Waals surface area contributed by atoms with E-state index < -0.39 is 17.6 Å². The highest BCUT2D eigenvalue weighted by molar-refractivity contribution is 6.06. The van der Waals surface area contributed by atoms with Gasteiger partial charge in [0.1, 0.15) is 0 Å². The number of anilines is 2. The maximum atomic E-state index is 13.8. The van der Waals surface area contributed by atoms with Gasteiger partial charge in [0.15, 0.2) is 0 Å². The number of allylic oxidation sites excluding steroid dienone is 2. The van der Waals surface area contributed by atoms with E-state index in [1.165, 1.54) is 11.1 Å². The number of carbonyl (C=O) groups excluding carboxylic acids is 1. The molecule has 1 saturated heterocycles. The smallest absolute Gasteiger partial charge is 0.397 e. The second kappa shape index (κ2) is 16.2. The van der Waals surface area contributed by atoms with Crippen molar-refractivity contribution in [3.05, 3.63) is 83.4 Å². The van der Waals surface area contributed by atoms with E-state index in [0.717, 1.165) is 42.1 Å². The van der Waals surface area contributed by atoms with E-state index in [0.29, 0.717) is 37.1 Å². The minimum absolute atomic E-state index is 0.0593. The molecule has 0 aliphatic carbocycles. The molecule has 1 aromatic heterocycles. The van der Waals surface area contributed by atoms with E-state index >= 15 is 0 Å². The van der Waals surface area contributed by atoms with Gasteiger partial charge in [-0.25, -0.2) is 5.84 Å². The first-order chi connectivity index (χ1) is 20.7. The van der Waals surface area contributed by atoms with Crippen molar-refractivity contribution < 1.29 is 18.0 Å². The lowest BCUT2D eigenvalue weighted by molar-refractivity contribution is -0.137. The molecule has 12 heteroatoms. The number of nitrogens with zero attached hydrogens (tertiary/aromatic N) is 5. The molecule has 3 rings (SSSR count). The van der Waals surface area contributed by atoms with Crippen molar-refractivity contribution in [3.63, 3.8) is 0 Å². The van der Waals surface area contributed by atoms with Gasteiger partial charge in [-0.05, 0) is 52.0 Å². The third-order valence-electron chi connectivity index (χ3n) is 7.23. The van der Waals surface area contributed by atoms with Gasteiger partial charge in [0.2, 0.25) is 0 Å². The van der Waals surface area contributed by atoms with Crippen LogP contribution < -0.4 is 21.8 Å². The van der Waals surface area contributed by atoms with Crippen LogP contribution in [-0.4, -0.2) is 64.4 Å². The number of nitrogens with two attached hydrogens (primary N) is 2. The lowest BCUT2D eigenvalue weighted by Gasteiger charge is -2.38. The van der Waals surface area contributed by atoms with Crippen LogP contribution in [0.25, 0.3) is 5.70 Å². The second-order valence-electron chi connectivity index (χ2n) is 10.7. The number of hydrogen-bond acceptors (Lipinski definition) is 7. The van der Waals surface area contributed by atoms with Crippen LogP contribution in [0.5, 0.6) is 0 Å². The van der Waals surface area contributed by atoms with E-state index in [4.69, 9.17) is 11.6 Å². The molecule has 242 valence electrons. The molecule has 0 bridgehead atoms. The molecule has 44 heavy (non-hydrogen) atoms. The van der Waals surface area contributed by atoms with E-state index in [1.54, 1.807) is 35.3 Å². The molecule has 1 fully saturated rings. The Balaban J connectivity index is 0.00000330. The summed E-state index contributed by atoms with van der Waals surface area (Å²) in [7, 11) is 1.82. The molecule has 1 aromatic carbocycles. The van der Waals surface area contributed by atoms with Gasteiger partial charge in [-0.2, -0.15) is 18.3 Å². The van der Waals surface area contributed by atoms with E-state index in [2.05, 4.69) is 35.7 Å². The Labute approximate surface area is 259 Å². The van der Waals surface area contributed by atoms with Crippen LogP contribution >= 0.6 is 0 Å². The van der Waals surface area contributed by atoms with Gasteiger partial charge >= 0.3 is 6.18 Å². The predicted octanol–water partition coefficient (Wildman–Crippen LogP) is 5.43. The Kier molecular flexibility index (Phi) is 13.3. The van der Waals surface area contributed by atoms with E-state index in [-0.39, 0.29) is 11.3 Å². The Morgan fingerprint density at radius 3 is 2.32 bits per heavy atom. The number of piperazine rings is 1. The molecular weight excluding hydrogens is 569 g/mol. The minimum atomic E-state index is -4.56.